The molecule has 152 valence electrons. The maximum Gasteiger partial charge on any atom is 0.338 e. The van der Waals surface area contributed by atoms with Gasteiger partial charge in [-0.15, -0.1) is 11.3 Å². The van der Waals surface area contributed by atoms with Gasteiger partial charge < -0.3 is 15.4 Å². The van der Waals surface area contributed by atoms with Gasteiger partial charge in [-0.05, 0) is 57.9 Å². The average Bonchev–Trinajstić information content (AvgIpc) is 2.95. The SMILES string of the molecule is CC1(C)Cc2c(sc(NC(=O)COC(=O)c3cccc(F)c3)c2C#N)C(C)(C)N1. The summed E-state index contributed by atoms with van der Waals surface area (Å²) in [6.07, 6.45) is 0.662. The summed E-state index contributed by atoms with van der Waals surface area (Å²) in [5.41, 5.74) is 0.860. The second-order valence-corrected chi connectivity index (χ2v) is 9.19. The third-order valence-electron chi connectivity index (χ3n) is 4.60. The summed E-state index contributed by atoms with van der Waals surface area (Å²) < 4.78 is 18.2. The van der Waals surface area contributed by atoms with Gasteiger partial charge in [0.2, 0.25) is 0 Å². The van der Waals surface area contributed by atoms with Gasteiger partial charge in [-0.1, -0.05) is 6.07 Å². The molecule has 1 aliphatic heterocycles. The van der Waals surface area contributed by atoms with E-state index in [2.05, 4.69) is 30.6 Å². The van der Waals surface area contributed by atoms with Crippen LogP contribution in [0.4, 0.5) is 9.39 Å². The first kappa shape index (κ1) is 21.0. The Hall–Kier alpha value is -2.76. The lowest BCUT2D eigenvalue weighted by molar-refractivity contribution is -0.119. The molecule has 1 aromatic heterocycles. The van der Waals surface area contributed by atoms with Crippen molar-refractivity contribution in [1.82, 2.24) is 5.32 Å². The molecule has 8 heteroatoms. The number of nitrogens with one attached hydrogen (secondary N) is 2. The number of nitriles is 1. The number of ether oxygens (including phenoxy) is 1. The van der Waals surface area contributed by atoms with Crippen LogP contribution in [-0.2, 0) is 21.5 Å². The molecule has 0 atom stereocenters. The fraction of sp³-hybridized carbons (Fsp3) is 0.381. The summed E-state index contributed by atoms with van der Waals surface area (Å²) in [7, 11) is 0. The summed E-state index contributed by atoms with van der Waals surface area (Å²) in [5, 5.41) is 16.4. The number of carbonyl (C=O) groups excluding carboxylic acids is 2. The molecular formula is C21H22FN3O3S. The molecule has 2 N–H and O–H groups in total. The van der Waals surface area contributed by atoms with Crippen LogP contribution in [0.25, 0.3) is 0 Å². The second kappa shape index (κ2) is 7.58. The van der Waals surface area contributed by atoms with E-state index in [0.717, 1.165) is 16.5 Å². The molecule has 1 amide bonds. The van der Waals surface area contributed by atoms with E-state index in [1.807, 2.05) is 13.8 Å². The summed E-state index contributed by atoms with van der Waals surface area (Å²) in [6.45, 7) is 7.69. The van der Waals surface area contributed by atoms with Crippen molar-refractivity contribution in [2.75, 3.05) is 11.9 Å². The second-order valence-electron chi connectivity index (χ2n) is 8.17. The van der Waals surface area contributed by atoms with Crippen LogP contribution in [0, 0.1) is 17.1 Å². The van der Waals surface area contributed by atoms with Crippen molar-refractivity contribution in [3.05, 3.63) is 51.7 Å². The van der Waals surface area contributed by atoms with Crippen LogP contribution in [0.5, 0.6) is 0 Å². The van der Waals surface area contributed by atoms with Crippen molar-refractivity contribution in [2.24, 2.45) is 0 Å². The van der Waals surface area contributed by atoms with Gasteiger partial charge in [0.25, 0.3) is 5.91 Å². The molecule has 0 bridgehead atoms. The lowest BCUT2D eigenvalue weighted by Gasteiger charge is -2.42. The molecule has 0 radical (unpaired) electrons. The first-order valence-electron chi connectivity index (χ1n) is 9.10. The standard InChI is InChI=1S/C21H22FN3O3S/c1-20(2)9-14-15(10-23)18(29-17(14)21(3,4)25-20)24-16(26)11-28-19(27)12-6-5-7-13(22)8-12/h5-8,25H,9,11H2,1-4H3,(H,24,26). The van der Waals surface area contributed by atoms with Crippen LogP contribution in [0.1, 0.15) is 54.1 Å². The van der Waals surface area contributed by atoms with E-state index in [1.54, 1.807) is 0 Å². The Morgan fingerprint density at radius 2 is 2.07 bits per heavy atom. The van der Waals surface area contributed by atoms with E-state index in [-0.39, 0.29) is 16.6 Å². The molecule has 0 aliphatic carbocycles. The number of hydrogen-bond donors (Lipinski definition) is 2. The Bertz CT molecular complexity index is 1020. The summed E-state index contributed by atoms with van der Waals surface area (Å²) in [4.78, 5) is 25.3. The topological polar surface area (TPSA) is 91.2 Å². The van der Waals surface area contributed by atoms with E-state index < -0.39 is 24.3 Å². The number of nitrogens with zero attached hydrogens (tertiary/aromatic N) is 1. The Morgan fingerprint density at radius 1 is 1.34 bits per heavy atom. The van der Waals surface area contributed by atoms with Crippen molar-refractivity contribution >= 4 is 28.2 Å². The highest BCUT2D eigenvalue weighted by molar-refractivity contribution is 7.17. The molecule has 0 saturated carbocycles. The minimum atomic E-state index is -0.794. The third-order valence-corrected chi connectivity index (χ3v) is 6.07. The highest BCUT2D eigenvalue weighted by Gasteiger charge is 2.40. The molecule has 6 nitrogen and oxygen atoms in total. The van der Waals surface area contributed by atoms with Crippen LogP contribution >= 0.6 is 11.3 Å². The first-order chi connectivity index (χ1) is 13.5. The highest BCUT2D eigenvalue weighted by Crippen LogP contribution is 2.44. The van der Waals surface area contributed by atoms with E-state index >= 15 is 0 Å². The van der Waals surface area contributed by atoms with Gasteiger partial charge in [-0.25, -0.2) is 9.18 Å². The number of carbonyl (C=O) groups is 2. The zero-order valence-electron chi connectivity index (χ0n) is 16.7. The van der Waals surface area contributed by atoms with E-state index in [9.17, 15) is 19.2 Å². The van der Waals surface area contributed by atoms with Gasteiger partial charge in [0.05, 0.1) is 11.1 Å². The molecule has 2 aromatic rings. The van der Waals surface area contributed by atoms with Gasteiger partial charge in [0.1, 0.15) is 16.9 Å². The lowest BCUT2D eigenvalue weighted by Crippen LogP contribution is -2.54. The van der Waals surface area contributed by atoms with Crippen molar-refractivity contribution in [3.8, 4) is 6.07 Å². The molecule has 3 rings (SSSR count). The Labute approximate surface area is 172 Å². The van der Waals surface area contributed by atoms with Crippen molar-refractivity contribution < 1.29 is 18.7 Å². The molecule has 0 unspecified atom stereocenters. The van der Waals surface area contributed by atoms with Gasteiger partial charge in [0, 0.05) is 16.0 Å². The smallest absolute Gasteiger partial charge is 0.338 e. The maximum atomic E-state index is 13.2. The van der Waals surface area contributed by atoms with E-state index in [4.69, 9.17) is 4.74 Å². The number of anilines is 1. The number of thiophene rings is 1. The van der Waals surface area contributed by atoms with Crippen LogP contribution in [0.2, 0.25) is 0 Å². The predicted molar refractivity (Wildman–Crippen MR) is 108 cm³/mol. The van der Waals surface area contributed by atoms with Gasteiger partial charge in [-0.2, -0.15) is 5.26 Å². The quantitative estimate of drug-likeness (QED) is 0.743. The van der Waals surface area contributed by atoms with Crippen LogP contribution in [-0.4, -0.2) is 24.0 Å². The molecule has 0 spiro atoms. The molecule has 0 saturated heterocycles. The molecule has 29 heavy (non-hydrogen) atoms. The van der Waals surface area contributed by atoms with Crippen LogP contribution in [0.3, 0.4) is 0 Å². The zero-order chi connectivity index (χ0) is 21.4. The molecule has 1 aliphatic rings. The summed E-state index contributed by atoms with van der Waals surface area (Å²) in [6, 6.07) is 7.24. The van der Waals surface area contributed by atoms with E-state index in [1.165, 1.54) is 29.5 Å². The van der Waals surface area contributed by atoms with Crippen LogP contribution in [0.15, 0.2) is 24.3 Å². The minimum Gasteiger partial charge on any atom is -0.452 e. The number of fused-ring (bicyclic) bond motifs is 1. The van der Waals surface area contributed by atoms with Gasteiger partial charge in [-0.3, -0.25) is 4.79 Å². The number of amides is 1. The van der Waals surface area contributed by atoms with E-state index in [0.29, 0.717) is 17.0 Å². The Kier molecular flexibility index (Phi) is 5.48. The number of hydrogen-bond acceptors (Lipinski definition) is 6. The lowest BCUT2D eigenvalue weighted by atomic mass is 9.81. The third kappa shape index (κ3) is 4.47. The average molecular weight is 415 g/mol. The Balaban J connectivity index is 1.74. The van der Waals surface area contributed by atoms with Gasteiger partial charge in [0.15, 0.2) is 6.61 Å². The summed E-state index contributed by atoms with van der Waals surface area (Å²) >= 11 is 1.35. The number of rotatable bonds is 4. The Morgan fingerprint density at radius 3 is 2.72 bits per heavy atom. The largest absolute Gasteiger partial charge is 0.452 e. The fourth-order valence-corrected chi connectivity index (χ4v) is 4.97. The van der Waals surface area contributed by atoms with Crippen molar-refractivity contribution in [1.29, 1.82) is 5.26 Å². The summed E-state index contributed by atoms with van der Waals surface area (Å²) in [5.74, 6) is -1.92. The van der Waals surface area contributed by atoms with Crippen molar-refractivity contribution in [3.63, 3.8) is 0 Å². The normalized spacial score (nSPS) is 16.4. The molecule has 1 aromatic carbocycles. The maximum absolute atomic E-state index is 13.2. The molecule has 0 fully saturated rings. The molecular weight excluding hydrogens is 393 g/mol. The van der Waals surface area contributed by atoms with Gasteiger partial charge >= 0.3 is 5.97 Å². The first-order valence-corrected chi connectivity index (χ1v) is 9.92. The number of benzene rings is 1. The zero-order valence-corrected chi connectivity index (χ0v) is 17.5. The predicted octanol–water partition coefficient (Wildman–Crippen LogP) is 3.71. The highest BCUT2D eigenvalue weighted by atomic mass is 32.1. The van der Waals surface area contributed by atoms with Crippen molar-refractivity contribution in [2.45, 2.75) is 45.2 Å². The number of halogens is 1. The number of esters is 1. The monoisotopic (exact) mass is 415 g/mol. The molecule has 2 heterocycles. The minimum absolute atomic E-state index is 0.0251. The van der Waals surface area contributed by atoms with Crippen LogP contribution < -0.4 is 10.6 Å². The fourth-order valence-electron chi connectivity index (χ4n) is 3.73.